The van der Waals surface area contributed by atoms with Gasteiger partial charge in [0.25, 0.3) is 0 Å². The maximum Gasteiger partial charge on any atom is 0.339 e. The molecular formula is C20H32O3S. The van der Waals surface area contributed by atoms with Crippen molar-refractivity contribution in [3.8, 4) is 0 Å². The zero-order valence-corrected chi connectivity index (χ0v) is 15.9. The summed E-state index contributed by atoms with van der Waals surface area (Å²) in [6, 6.07) is 1.65. The van der Waals surface area contributed by atoms with E-state index in [2.05, 4.69) is 6.92 Å². The van der Waals surface area contributed by atoms with Gasteiger partial charge in [-0.2, -0.15) is 0 Å². The Balaban J connectivity index is 1.89. The van der Waals surface area contributed by atoms with Gasteiger partial charge in [0.15, 0.2) is 6.29 Å². The molecule has 0 N–H and O–H groups in total. The van der Waals surface area contributed by atoms with E-state index in [1.54, 1.807) is 11.4 Å². The monoisotopic (exact) mass is 352 g/mol. The van der Waals surface area contributed by atoms with Crippen LogP contribution < -0.4 is 0 Å². The molecule has 1 aromatic rings. The first-order valence-corrected chi connectivity index (χ1v) is 10.4. The molecule has 0 aromatic carbocycles. The molecule has 0 amide bonds. The van der Waals surface area contributed by atoms with Crippen LogP contribution in [-0.2, 0) is 4.74 Å². The lowest BCUT2D eigenvalue weighted by Gasteiger charge is -2.05. The summed E-state index contributed by atoms with van der Waals surface area (Å²) in [6.45, 7) is 2.70. The molecule has 1 heterocycles. The van der Waals surface area contributed by atoms with Crippen molar-refractivity contribution in [1.29, 1.82) is 0 Å². The molecule has 0 atom stereocenters. The first-order valence-electron chi connectivity index (χ1n) is 9.49. The topological polar surface area (TPSA) is 43.4 Å². The van der Waals surface area contributed by atoms with E-state index in [-0.39, 0.29) is 5.97 Å². The fourth-order valence-corrected chi connectivity index (χ4v) is 3.45. The van der Waals surface area contributed by atoms with Crippen LogP contribution in [0.15, 0.2) is 11.4 Å². The van der Waals surface area contributed by atoms with Crippen molar-refractivity contribution < 1.29 is 14.3 Å². The fraction of sp³-hybridized carbons (Fsp3) is 0.700. The van der Waals surface area contributed by atoms with Crippen LogP contribution in [0.3, 0.4) is 0 Å². The minimum atomic E-state index is -0.374. The Labute approximate surface area is 150 Å². The number of esters is 1. The molecule has 0 aliphatic heterocycles. The van der Waals surface area contributed by atoms with E-state index in [0.717, 1.165) is 12.8 Å². The lowest BCUT2D eigenvalue weighted by molar-refractivity contribution is 0.0496. The van der Waals surface area contributed by atoms with Gasteiger partial charge in [-0.25, -0.2) is 4.79 Å². The Morgan fingerprint density at radius 2 is 1.50 bits per heavy atom. The standard InChI is InChI=1S/C20H32O3S/c1-2-3-4-5-6-7-8-9-10-11-12-13-15-23-20(22)18-14-16-24-19(18)17-21/h14,16-17H,2-13,15H2,1H3. The van der Waals surface area contributed by atoms with Gasteiger partial charge in [-0.1, -0.05) is 77.6 Å². The van der Waals surface area contributed by atoms with Crippen molar-refractivity contribution in [2.45, 2.75) is 84.0 Å². The van der Waals surface area contributed by atoms with Gasteiger partial charge in [0.1, 0.15) is 0 Å². The van der Waals surface area contributed by atoms with Gasteiger partial charge in [-0.15, -0.1) is 11.3 Å². The summed E-state index contributed by atoms with van der Waals surface area (Å²) in [6.07, 6.45) is 16.2. The van der Waals surface area contributed by atoms with Crippen LogP contribution in [-0.4, -0.2) is 18.9 Å². The smallest absolute Gasteiger partial charge is 0.339 e. The van der Waals surface area contributed by atoms with E-state index < -0.39 is 0 Å². The van der Waals surface area contributed by atoms with Crippen LogP contribution in [0.25, 0.3) is 0 Å². The molecule has 0 saturated carbocycles. The molecular weight excluding hydrogens is 320 g/mol. The highest BCUT2D eigenvalue weighted by atomic mass is 32.1. The van der Waals surface area contributed by atoms with Gasteiger partial charge in [0.2, 0.25) is 0 Å². The summed E-state index contributed by atoms with van der Waals surface area (Å²) in [4.78, 5) is 23.1. The van der Waals surface area contributed by atoms with Crippen molar-refractivity contribution in [2.24, 2.45) is 0 Å². The summed E-state index contributed by atoms with van der Waals surface area (Å²) in [5.74, 6) is -0.374. The normalized spacial score (nSPS) is 10.7. The highest BCUT2D eigenvalue weighted by Crippen LogP contribution is 2.16. The molecule has 1 rings (SSSR count). The fourth-order valence-electron chi connectivity index (χ4n) is 2.77. The number of rotatable bonds is 15. The van der Waals surface area contributed by atoms with Crippen LogP contribution in [0.2, 0.25) is 0 Å². The molecule has 24 heavy (non-hydrogen) atoms. The average molecular weight is 353 g/mol. The minimum Gasteiger partial charge on any atom is -0.462 e. The van der Waals surface area contributed by atoms with Crippen molar-refractivity contribution in [3.63, 3.8) is 0 Å². The number of carbonyl (C=O) groups excluding carboxylic acids is 2. The average Bonchev–Trinajstić information content (AvgIpc) is 3.07. The van der Waals surface area contributed by atoms with Gasteiger partial charge in [-0.05, 0) is 17.9 Å². The zero-order chi connectivity index (χ0) is 17.5. The highest BCUT2D eigenvalue weighted by molar-refractivity contribution is 7.12. The van der Waals surface area contributed by atoms with Gasteiger partial charge in [0, 0.05) is 0 Å². The van der Waals surface area contributed by atoms with Crippen molar-refractivity contribution in [3.05, 3.63) is 21.9 Å². The largest absolute Gasteiger partial charge is 0.462 e. The number of hydrogen-bond donors (Lipinski definition) is 0. The SMILES string of the molecule is CCCCCCCCCCCCCCOC(=O)c1ccsc1C=O. The Morgan fingerprint density at radius 3 is 2.04 bits per heavy atom. The van der Waals surface area contributed by atoms with Crippen LogP contribution in [0.1, 0.15) is 104 Å². The molecule has 0 unspecified atom stereocenters. The van der Waals surface area contributed by atoms with Crippen LogP contribution in [0.5, 0.6) is 0 Å². The predicted octanol–water partition coefficient (Wildman–Crippen LogP) is 6.42. The Bertz CT molecular complexity index is 453. The van der Waals surface area contributed by atoms with Crippen LogP contribution in [0, 0.1) is 0 Å². The molecule has 0 aliphatic rings. The van der Waals surface area contributed by atoms with Crippen molar-refractivity contribution in [2.75, 3.05) is 6.61 Å². The van der Waals surface area contributed by atoms with E-state index in [1.807, 2.05) is 0 Å². The third-order valence-electron chi connectivity index (χ3n) is 4.25. The Hall–Kier alpha value is -1.16. The number of hydrogen-bond acceptors (Lipinski definition) is 4. The lowest BCUT2D eigenvalue weighted by atomic mass is 10.1. The maximum absolute atomic E-state index is 11.8. The predicted molar refractivity (Wildman–Crippen MR) is 101 cm³/mol. The van der Waals surface area contributed by atoms with E-state index in [4.69, 9.17) is 4.74 Å². The van der Waals surface area contributed by atoms with Crippen LogP contribution in [0.4, 0.5) is 0 Å². The summed E-state index contributed by atoms with van der Waals surface area (Å²) in [5, 5.41) is 1.74. The summed E-state index contributed by atoms with van der Waals surface area (Å²) in [7, 11) is 0. The second kappa shape index (κ2) is 14.2. The minimum absolute atomic E-state index is 0.374. The molecule has 0 fully saturated rings. The summed E-state index contributed by atoms with van der Waals surface area (Å²) >= 11 is 1.27. The number of thiophene rings is 1. The third-order valence-corrected chi connectivity index (χ3v) is 5.10. The first-order chi connectivity index (χ1) is 11.8. The van der Waals surface area contributed by atoms with Gasteiger partial charge in [-0.3, -0.25) is 4.79 Å². The molecule has 3 nitrogen and oxygen atoms in total. The number of aldehydes is 1. The van der Waals surface area contributed by atoms with E-state index in [1.165, 1.54) is 75.5 Å². The molecule has 4 heteroatoms. The second-order valence-electron chi connectivity index (χ2n) is 6.34. The Kier molecular flexibility index (Phi) is 12.4. The second-order valence-corrected chi connectivity index (χ2v) is 7.29. The number of unbranched alkanes of at least 4 members (excludes halogenated alkanes) is 11. The molecule has 0 spiro atoms. The number of ether oxygens (including phenoxy) is 1. The molecule has 0 saturated heterocycles. The quantitative estimate of drug-likeness (QED) is 0.208. The highest BCUT2D eigenvalue weighted by Gasteiger charge is 2.13. The van der Waals surface area contributed by atoms with Crippen molar-refractivity contribution >= 4 is 23.6 Å². The number of carbonyl (C=O) groups is 2. The van der Waals surface area contributed by atoms with Crippen molar-refractivity contribution in [1.82, 2.24) is 0 Å². The molecule has 0 bridgehead atoms. The maximum atomic E-state index is 11.8. The van der Waals surface area contributed by atoms with Crippen LogP contribution >= 0.6 is 11.3 Å². The van der Waals surface area contributed by atoms with Gasteiger partial charge >= 0.3 is 5.97 Å². The van der Waals surface area contributed by atoms with Gasteiger partial charge in [0.05, 0.1) is 17.0 Å². The molecule has 136 valence electrons. The Morgan fingerprint density at radius 1 is 0.958 bits per heavy atom. The third kappa shape index (κ3) is 9.21. The molecule has 0 aliphatic carbocycles. The lowest BCUT2D eigenvalue weighted by Crippen LogP contribution is -2.07. The molecule has 0 radical (unpaired) electrons. The zero-order valence-electron chi connectivity index (χ0n) is 15.1. The molecule has 1 aromatic heterocycles. The van der Waals surface area contributed by atoms with E-state index >= 15 is 0 Å². The van der Waals surface area contributed by atoms with Gasteiger partial charge < -0.3 is 4.74 Å². The first kappa shape index (κ1) is 20.9. The summed E-state index contributed by atoms with van der Waals surface area (Å²) < 4.78 is 5.23. The van der Waals surface area contributed by atoms with E-state index in [0.29, 0.717) is 23.3 Å². The van der Waals surface area contributed by atoms with E-state index in [9.17, 15) is 9.59 Å². The summed E-state index contributed by atoms with van der Waals surface area (Å²) in [5.41, 5.74) is 0.397.